The molecular weight excluding hydrogens is 351 g/mol. The van der Waals surface area contributed by atoms with Crippen LogP contribution in [0.4, 0.5) is 13.2 Å². The molecule has 0 saturated heterocycles. The predicted molar refractivity (Wildman–Crippen MR) is 89.5 cm³/mol. The van der Waals surface area contributed by atoms with E-state index in [2.05, 4.69) is 9.97 Å². The van der Waals surface area contributed by atoms with Crippen molar-refractivity contribution in [2.75, 3.05) is 0 Å². The number of thioether (sulfide) groups is 1. The summed E-state index contributed by atoms with van der Waals surface area (Å²) >= 11 is 1.34. The van der Waals surface area contributed by atoms with E-state index >= 15 is 0 Å². The normalized spacial score (nSPS) is 12.9. The number of halogens is 3. The van der Waals surface area contributed by atoms with Gasteiger partial charge in [-0.3, -0.25) is 4.79 Å². The molecule has 1 N–H and O–H groups in total. The fraction of sp³-hybridized carbons (Fsp3) is 0.353. The first kappa shape index (κ1) is 19.1. The maximum atomic E-state index is 12.7. The van der Waals surface area contributed by atoms with Crippen LogP contribution in [-0.4, -0.2) is 15.2 Å². The number of alkyl halides is 3. The number of nitriles is 1. The Morgan fingerprint density at radius 1 is 1.24 bits per heavy atom. The Bertz CT molecular complexity index is 851. The van der Waals surface area contributed by atoms with Crippen LogP contribution in [0.25, 0.3) is 0 Å². The highest BCUT2D eigenvalue weighted by molar-refractivity contribution is 7.99. The molecule has 1 unspecified atom stereocenters. The number of nitrogens with one attached hydrogen (secondary N) is 1. The molecule has 2 rings (SSSR count). The maximum Gasteiger partial charge on any atom is 0.416 e. The molecule has 1 heterocycles. The number of rotatable bonds is 4. The lowest BCUT2D eigenvalue weighted by Gasteiger charge is -2.14. The summed E-state index contributed by atoms with van der Waals surface area (Å²) in [5.74, 6) is -0.920. The van der Waals surface area contributed by atoms with E-state index in [0.29, 0.717) is 10.7 Å². The SMILES string of the molecule is Cc1c(C(C#N)c2ccc(C(F)(F)F)cc2)nc(SC(C)C)[nH]c1=O. The van der Waals surface area contributed by atoms with Crippen LogP contribution >= 0.6 is 11.8 Å². The minimum absolute atomic E-state index is 0.172. The molecule has 25 heavy (non-hydrogen) atoms. The van der Waals surface area contributed by atoms with Crippen LogP contribution in [0.3, 0.4) is 0 Å². The minimum Gasteiger partial charge on any atom is -0.301 e. The first-order chi connectivity index (χ1) is 11.6. The lowest BCUT2D eigenvalue weighted by atomic mass is 9.93. The Labute approximate surface area is 147 Å². The van der Waals surface area contributed by atoms with Gasteiger partial charge in [-0.1, -0.05) is 37.7 Å². The molecular formula is C17H16F3N3OS. The summed E-state index contributed by atoms with van der Waals surface area (Å²) in [5, 5.41) is 10.1. The van der Waals surface area contributed by atoms with E-state index in [4.69, 9.17) is 0 Å². The van der Waals surface area contributed by atoms with Crippen LogP contribution in [0.5, 0.6) is 0 Å². The van der Waals surface area contributed by atoms with Crippen LogP contribution in [0.1, 0.15) is 42.1 Å². The second kappa shape index (κ2) is 7.31. The largest absolute Gasteiger partial charge is 0.416 e. The number of H-pyrrole nitrogens is 1. The fourth-order valence-electron chi connectivity index (χ4n) is 2.25. The van der Waals surface area contributed by atoms with Crippen molar-refractivity contribution in [1.82, 2.24) is 9.97 Å². The Morgan fingerprint density at radius 3 is 2.32 bits per heavy atom. The van der Waals surface area contributed by atoms with Gasteiger partial charge in [0.2, 0.25) is 0 Å². The minimum atomic E-state index is -4.44. The quantitative estimate of drug-likeness (QED) is 0.648. The highest BCUT2D eigenvalue weighted by atomic mass is 32.2. The molecule has 1 atom stereocenters. The van der Waals surface area contributed by atoms with E-state index in [1.807, 2.05) is 19.9 Å². The molecule has 0 aliphatic carbocycles. The van der Waals surface area contributed by atoms with Crippen molar-refractivity contribution in [3.8, 4) is 6.07 Å². The summed E-state index contributed by atoms with van der Waals surface area (Å²) in [6, 6.07) is 6.37. The lowest BCUT2D eigenvalue weighted by Crippen LogP contribution is -2.18. The van der Waals surface area contributed by atoms with E-state index < -0.39 is 17.7 Å². The molecule has 4 nitrogen and oxygen atoms in total. The van der Waals surface area contributed by atoms with Crippen LogP contribution in [0.2, 0.25) is 0 Å². The topological polar surface area (TPSA) is 69.5 Å². The van der Waals surface area contributed by atoms with Gasteiger partial charge in [-0.2, -0.15) is 18.4 Å². The zero-order valence-corrected chi connectivity index (χ0v) is 14.6. The van der Waals surface area contributed by atoms with Gasteiger partial charge in [-0.25, -0.2) is 4.98 Å². The van der Waals surface area contributed by atoms with E-state index in [-0.39, 0.29) is 22.1 Å². The van der Waals surface area contributed by atoms with E-state index in [0.717, 1.165) is 12.1 Å². The molecule has 8 heteroatoms. The Hall–Kier alpha value is -2.27. The first-order valence-electron chi connectivity index (χ1n) is 7.47. The summed E-state index contributed by atoms with van der Waals surface area (Å²) in [4.78, 5) is 19.1. The molecule has 0 aliphatic heterocycles. The van der Waals surface area contributed by atoms with Gasteiger partial charge in [-0.05, 0) is 24.6 Å². The van der Waals surface area contributed by atoms with Gasteiger partial charge in [0.05, 0.1) is 17.3 Å². The van der Waals surface area contributed by atoms with Crippen LogP contribution in [-0.2, 0) is 6.18 Å². The summed E-state index contributed by atoms with van der Waals surface area (Å²) < 4.78 is 38.1. The average Bonchev–Trinajstić information content (AvgIpc) is 2.51. The molecule has 2 aromatic rings. The molecule has 1 aromatic heterocycles. The number of hydrogen-bond acceptors (Lipinski definition) is 4. The van der Waals surface area contributed by atoms with E-state index in [1.165, 1.54) is 23.9 Å². The number of aromatic amines is 1. The Kier molecular flexibility index (Phi) is 5.58. The van der Waals surface area contributed by atoms with Gasteiger partial charge in [0.15, 0.2) is 5.16 Å². The van der Waals surface area contributed by atoms with Crippen LogP contribution in [0.15, 0.2) is 34.2 Å². The molecule has 0 saturated carbocycles. The van der Waals surface area contributed by atoms with Gasteiger partial charge in [0.25, 0.3) is 5.56 Å². The van der Waals surface area contributed by atoms with Crippen molar-refractivity contribution >= 4 is 11.8 Å². The number of aromatic nitrogens is 2. The second-order valence-corrected chi connectivity index (χ2v) is 7.30. The molecule has 0 bridgehead atoms. The van der Waals surface area contributed by atoms with Crippen molar-refractivity contribution < 1.29 is 13.2 Å². The van der Waals surface area contributed by atoms with Crippen molar-refractivity contribution in [2.24, 2.45) is 0 Å². The number of nitrogens with zero attached hydrogens (tertiary/aromatic N) is 2. The van der Waals surface area contributed by atoms with Crippen LogP contribution < -0.4 is 5.56 Å². The Balaban J connectivity index is 2.49. The third-order valence-electron chi connectivity index (χ3n) is 3.49. The smallest absolute Gasteiger partial charge is 0.301 e. The highest BCUT2D eigenvalue weighted by Gasteiger charge is 2.30. The molecule has 0 aliphatic rings. The van der Waals surface area contributed by atoms with Gasteiger partial charge in [0, 0.05) is 10.8 Å². The molecule has 0 fully saturated rings. The van der Waals surface area contributed by atoms with Gasteiger partial charge < -0.3 is 4.98 Å². The fourth-order valence-corrected chi connectivity index (χ4v) is 3.00. The average molecular weight is 367 g/mol. The van der Waals surface area contributed by atoms with E-state index in [9.17, 15) is 23.2 Å². The summed E-state index contributed by atoms with van der Waals surface area (Å²) in [7, 11) is 0. The number of hydrogen-bond donors (Lipinski definition) is 1. The van der Waals surface area contributed by atoms with E-state index in [1.54, 1.807) is 6.92 Å². The molecule has 0 spiro atoms. The molecule has 132 valence electrons. The van der Waals surface area contributed by atoms with Crippen molar-refractivity contribution in [3.05, 3.63) is 57.0 Å². The summed E-state index contributed by atoms with van der Waals surface area (Å²) in [6.45, 7) is 5.41. The zero-order valence-electron chi connectivity index (χ0n) is 13.8. The second-order valence-electron chi connectivity index (χ2n) is 5.73. The predicted octanol–water partition coefficient (Wildman–Crippen LogP) is 4.25. The van der Waals surface area contributed by atoms with Gasteiger partial charge >= 0.3 is 6.18 Å². The van der Waals surface area contributed by atoms with Crippen LogP contribution in [0, 0.1) is 18.3 Å². The van der Waals surface area contributed by atoms with Gasteiger partial charge in [0.1, 0.15) is 5.92 Å². The third-order valence-corrected chi connectivity index (χ3v) is 4.38. The monoisotopic (exact) mass is 367 g/mol. The van der Waals surface area contributed by atoms with Crippen molar-refractivity contribution in [1.29, 1.82) is 5.26 Å². The first-order valence-corrected chi connectivity index (χ1v) is 8.35. The molecule has 0 amide bonds. The van der Waals surface area contributed by atoms with Crippen molar-refractivity contribution in [3.63, 3.8) is 0 Å². The van der Waals surface area contributed by atoms with Gasteiger partial charge in [-0.15, -0.1) is 0 Å². The molecule has 0 radical (unpaired) electrons. The third kappa shape index (κ3) is 4.42. The Morgan fingerprint density at radius 2 is 1.84 bits per heavy atom. The lowest BCUT2D eigenvalue weighted by molar-refractivity contribution is -0.137. The van der Waals surface area contributed by atoms with Crippen molar-refractivity contribution in [2.45, 2.75) is 43.3 Å². The summed E-state index contributed by atoms with van der Waals surface area (Å²) in [5.41, 5.74) is -0.259. The summed E-state index contributed by atoms with van der Waals surface area (Å²) in [6.07, 6.45) is -4.44. The molecule has 1 aromatic carbocycles. The standard InChI is InChI=1S/C17H16F3N3OS/c1-9(2)25-16-22-14(10(3)15(24)23-16)13(8-21)11-4-6-12(7-5-11)17(18,19)20/h4-7,9,13H,1-3H3,(H,22,23,24). The zero-order chi connectivity index (χ0) is 18.8. The highest BCUT2D eigenvalue weighted by Crippen LogP contribution is 2.32. The maximum absolute atomic E-state index is 12.7. The number of benzene rings is 1.